The first-order chi connectivity index (χ1) is 13.8. The number of H-pyrrole nitrogens is 1. The van der Waals surface area contributed by atoms with Crippen LogP contribution >= 0.6 is 11.3 Å². The number of aryl methyl sites for hydroxylation is 1. The molecule has 0 saturated carbocycles. The lowest BCUT2D eigenvalue weighted by Crippen LogP contribution is -1.95. The van der Waals surface area contributed by atoms with Crippen LogP contribution in [0.25, 0.3) is 32.2 Å². The van der Waals surface area contributed by atoms with Crippen molar-refractivity contribution in [1.82, 2.24) is 15.0 Å². The molecule has 0 radical (unpaired) electrons. The number of aromatic amines is 1. The molecule has 28 heavy (non-hydrogen) atoms. The van der Waals surface area contributed by atoms with Gasteiger partial charge in [-0.3, -0.25) is 5.43 Å². The maximum atomic E-state index is 4.43. The molecule has 2 aromatic carbocycles. The maximum Gasteiger partial charge on any atom is 0.159 e. The lowest BCUT2D eigenvalue weighted by Gasteiger charge is -2.05. The number of aromatic nitrogens is 3. The molecule has 0 atom stereocenters. The molecule has 0 spiro atoms. The average molecular weight is 383 g/mol. The number of rotatable bonds is 4. The van der Waals surface area contributed by atoms with E-state index >= 15 is 0 Å². The smallest absolute Gasteiger partial charge is 0.159 e. The first kappa shape index (κ1) is 16.6. The van der Waals surface area contributed by atoms with Crippen LogP contribution in [0.2, 0.25) is 0 Å². The van der Waals surface area contributed by atoms with Gasteiger partial charge >= 0.3 is 0 Å². The van der Waals surface area contributed by atoms with Crippen LogP contribution in [0.1, 0.15) is 11.1 Å². The first-order valence-electron chi connectivity index (χ1n) is 8.94. The molecule has 136 valence electrons. The van der Waals surface area contributed by atoms with Crippen LogP contribution in [0.15, 0.2) is 71.5 Å². The Balaban J connectivity index is 1.50. The summed E-state index contributed by atoms with van der Waals surface area (Å²) in [5.74, 6) is 0.706. The minimum Gasteiger partial charge on any atom is -0.361 e. The van der Waals surface area contributed by atoms with Gasteiger partial charge in [0.1, 0.15) is 11.2 Å². The van der Waals surface area contributed by atoms with E-state index in [1.807, 2.05) is 30.6 Å². The SMILES string of the molecule is Cc1ccc(-c2csc3ncnc(N/N=C/c4c[nH]c5ccccc45)c23)cc1. The monoisotopic (exact) mass is 383 g/mol. The number of para-hydroxylation sites is 1. The summed E-state index contributed by atoms with van der Waals surface area (Å²) < 4.78 is 0. The van der Waals surface area contributed by atoms with Gasteiger partial charge in [0.25, 0.3) is 0 Å². The van der Waals surface area contributed by atoms with Crippen molar-refractivity contribution in [3.05, 3.63) is 77.6 Å². The summed E-state index contributed by atoms with van der Waals surface area (Å²) in [5, 5.41) is 8.68. The number of hydrazone groups is 1. The van der Waals surface area contributed by atoms with Crippen LogP contribution in [-0.2, 0) is 0 Å². The fraction of sp³-hybridized carbons (Fsp3) is 0.0455. The molecule has 5 rings (SSSR count). The summed E-state index contributed by atoms with van der Waals surface area (Å²) >= 11 is 1.61. The van der Waals surface area contributed by atoms with E-state index in [1.165, 1.54) is 5.56 Å². The van der Waals surface area contributed by atoms with Crippen molar-refractivity contribution in [3.63, 3.8) is 0 Å². The Morgan fingerprint density at radius 3 is 2.82 bits per heavy atom. The van der Waals surface area contributed by atoms with Crippen molar-refractivity contribution in [2.24, 2.45) is 5.10 Å². The van der Waals surface area contributed by atoms with Gasteiger partial charge in [0.05, 0.1) is 11.6 Å². The van der Waals surface area contributed by atoms with Crippen LogP contribution in [-0.4, -0.2) is 21.2 Å². The summed E-state index contributed by atoms with van der Waals surface area (Å²) in [4.78, 5) is 13.0. The van der Waals surface area contributed by atoms with Gasteiger partial charge < -0.3 is 4.98 Å². The van der Waals surface area contributed by atoms with Gasteiger partial charge in [-0.25, -0.2) is 9.97 Å². The molecule has 3 heterocycles. The molecule has 0 amide bonds. The highest BCUT2D eigenvalue weighted by atomic mass is 32.1. The van der Waals surface area contributed by atoms with Crippen LogP contribution < -0.4 is 5.43 Å². The minimum absolute atomic E-state index is 0.706. The number of hydrogen-bond acceptors (Lipinski definition) is 5. The standard InChI is InChI=1S/C22H17N5S/c1-14-6-8-15(9-7-14)18-12-28-22-20(18)21(24-13-25-22)27-26-11-16-10-23-19-5-3-2-4-17(16)19/h2-13,23H,1H3,(H,24,25,27)/b26-11+. The highest BCUT2D eigenvalue weighted by Gasteiger charge is 2.12. The molecule has 0 bridgehead atoms. The topological polar surface area (TPSA) is 66.0 Å². The second-order valence-corrected chi connectivity index (χ2v) is 7.44. The number of fused-ring (bicyclic) bond motifs is 2. The van der Waals surface area contributed by atoms with Gasteiger partial charge in [0.15, 0.2) is 5.82 Å². The van der Waals surface area contributed by atoms with Crippen molar-refractivity contribution in [3.8, 4) is 11.1 Å². The lowest BCUT2D eigenvalue weighted by molar-refractivity contribution is 1.19. The molecule has 0 aliphatic rings. The molecule has 5 nitrogen and oxygen atoms in total. The molecule has 0 unspecified atom stereocenters. The minimum atomic E-state index is 0.706. The summed E-state index contributed by atoms with van der Waals surface area (Å²) in [6.07, 6.45) is 5.33. The summed E-state index contributed by atoms with van der Waals surface area (Å²) in [7, 11) is 0. The zero-order valence-electron chi connectivity index (χ0n) is 15.2. The van der Waals surface area contributed by atoms with E-state index in [4.69, 9.17) is 0 Å². The van der Waals surface area contributed by atoms with Crippen molar-refractivity contribution >= 4 is 44.5 Å². The van der Waals surface area contributed by atoms with E-state index in [0.717, 1.165) is 37.8 Å². The Bertz CT molecular complexity index is 1300. The Hall–Kier alpha value is -3.51. The van der Waals surface area contributed by atoms with E-state index in [0.29, 0.717) is 5.82 Å². The van der Waals surface area contributed by atoms with Gasteiger partial charge in [-0.05, 0) is 18.6 Å². The fourth-order valence-electron chi connectivity index (χ4n) is 3.27. The summed E-state index contributed by atoms with van der Waals surface area (Å²) in [6, 6.07) is 16.6. The van der Waals surface area contributed by atoms with Gasteiger partial charge in [0, 0.05) is 33.6 Å². The highest BCUT2D eigenvalue weighted by Crippen LogP contribution is 2.36. The van der Waals surface area contributed by atoms with Crippen molar-refractivity contribution in [2.75, 3.05) is 5.43 Å². The van der Waals surface area contributed by atoms with Crippen molar-refractivity contribution in [1.29, 1.82) is 0 Å². The lowest BCUT2D eigenvalue weighted by atomic mass is 10.0. The number of nitrogens with zero attached hydrogens (tertiary/aromatic N) is 3. The van der Waals surface area contributed by atoms with E-state index < -0.39 is 0 Å². The molecule has 0 aliphatic carbocycles. The van der Waals surface area contributed by atoms with Gasteiger partial charge in [-0.15, -0.1) is 11.3 Å². The van der Waals surface area contributed by atoms with Crippen molar-refractivity contribution in [2.45, 2.75) is 6.92 Å². The van der Waals surface area contributed by atoms with Crippen LogP contribution in [0, 0.1) is 6.92 Å². The number of benzene rings is 2. The van der Waals surface area contributed by atoms with E-state index in [1.54, 1.807) is 17.7 Å². The zero-order chi connectivity index (χ0) is 18.9. The Labute approximate surface area is 165 Å². The number of nitrogens with one attached hydrogen (secondary N) is 2. The van der Waals surface area contributed by atoms with Gasteiger partial charge in [0.2, 0.25) is 0 Å². The Kier molecular flexibility index (Phi) is 4.10. The third kappa shape index (κ3) is 2.93. The van der Waals surface area contributed by atoms with E-state index in [9.17, 15) is 0 Å². The van der Waals surface area contributed by atoms with E-state index in [-0.39, 0.29) is 0 Å². The second kappa shape index (κ2) is 6.90. The quantitative estimate of drug-likeness (QED) is 0.314. The fourth-order valence-corrected chi connectivity index (χ4v) is 4.19. The Morgan fingerprint density at radius 1 is 1.07 bits per heavy atom. The molecular formula is C22H17N5S. The van der Waals surface area contributed by atoms with Crippen LogP contribution in [0.5, 0.6) is 0 Å². The van der Waals surface area contributed by atoms with Crippen LogP contribution in [0.3, 0.4) is 0 Å². The molecular weight excluding hydrogens is 366 g/mol. The second-order valence-electron chi connectivity index (χ2n) is 6.58. The van der Waals surface area contributed by atoms with Crippen LogP contribution in [0.4, 0.5) is 5.82 Å². The van der Waals surface area contributed by atoms with Gasteiger partial charge in [-0.2, -0.15) is 5.10 Å². The highest BCUT2D eigenvalue weighted by molar-refractivity contribution is 7.17. The first-order valence-corrected chi connectivity index (χ1v) is 9.82. The molecule has 0 aliphatic heterocycles. The molecule has 6 heteroatoms. The summed E-state index contributed by atoms with van der Waals surface area (Å²) in [5.41, 5.74) is 8.73. The molecule has 2 N–H and O–H groups in total. The predicted octanol–water partition coefficient (Wildman–Crippen LogP) is 5.59. The molecule has 0 fully saturated rings. The maximum absolute atomic E-state index is 4.43. The number of hydrogen-bond donors (Lipinski definition) is 2. The number of anilines is 1. The molecule has 3 aromatic heterocycles. The molecule has 0 saturated heterocycles. The molecule has 5 aromatic rings. The van der Waals surface area contributed by atoms with Gasteiger partial charge in [-0.1, -0.05) is 48.0 Å². The average Bonchev–Trinajstić information content (AvgIpc) is 3.34. The normalized spacial score (nSPS) is 11.6. The summed E-state index contributed by atoms with van der Waals surface area (Å²) in [6.45, 7) is 2.09. The predicted molar refractivity (Wildman–Crippen MR) is 117 cm³/mol. The third-order valence-corrected chi connectivity index (χ3v) is 5.61. The largest absolute Gasteiger partial charge is 0.361 e. The number of thiophene rings is 1. The van der Waals surface area contributed by atoms with E-state index in [2.05, 4.69) is 68.1 Å². The zero-order valence-corrected chi connectivity index (χ0v) is 16.0. The third-order valence-electron chi connectivity index (χ3n) is 4.73. The Morgan fingerprint density at radius 2 is 1.93 bits per heavy atom. The van der Waals surface area contributed by atoms with Crippen molar-refractivity contribution < 1.29 is 0 Å².